The summed E-state index contributed by atoms with van der Waals surface area (Å²) in [5, 5.41) is 9.79. The fourth-order valence-electron chi connectivity index (χ4n) is 1.65. The predicted octanol–water partition coefficient (Wildman–Crippen LogP) is 0.995. The van der Waals surface area contributed by atoms with Gasteiger partial charge >= 0.3 is 5.69 Å². The van der Waals surface area contributed by atoms with Crippen molar-refractivity contribution in [1.82, 2.24) is 9.55 Å². The third-order valence-corrected chi connectivity index (χ3v) is 2.60. The first-order valence-electron chi connectivity index (χ1n) is 5.66. The van der Waals surface area contributed by atoms with E-state index in [0.29, 0.717) is 13.0 Å². The van der Waals surface area contributed by atoms with Crippen LogP contribution in [-0.2, 0) is 13.0 Å². The van der Waals surface area contributed by atoms with Crippen molar-refractivity contribution in [2.24, 2.45) is 0 Å². The molecule has 90 valence electrons. The molecule has 1 heterocycles. The van der Waals surface area contributed by atoms with Gasteiger partial charge in [0.1, 0.15) is 0 Å². The molecular weight excluding hydrogens is 208 g/mol. The summed E-state index contributed by atoms with van der Waals surface area (Å²) in [6, 6.07) is 0. The third kappa shape index (κ3) is 2.53. The Balaban J connectivity index is 3.08. The molecule has 0 amide bonds. The largest absolute Gasteiger partial charge is 0.494 e. The summed E-state index contributed by atoms with van der Waals surface area (Å²) in [5.74, 6) is -0.188. The SMILES string of the molecule is CCCCCn1c(O)c(CC)c(=O)[nH]c1=O. The Hall–Kier alpha value is -1.52. The van der Waals surface area contributed by atoms with Crippen molar-refractivity contribution in [3.05, 3.63) is 26.4 Å². The van der Waals surface area contributed by atoms with Gasteiger partial charge in [-0.2, -0.15) is 0 Å². The minimum atomic E-state index is -0.532. The number of nitrogens with zero attached hydrogens (tertiary/aromatic N) is 1. The second-order valence-corrected chi connectivity index (χ2v) is 3.77. The van der Waals surface area contributed by atoms with Crippen molar-refractivity contribution in [2.45, 2.75) is 46.1 Å². The van der Waals surface area contributed by atoms with Gasteiger partial charge in [-0.15, -0.1) is 0 Å². The van der Waals surface area contributed by atoms with Crippen LogP contribution in [0.4, 0.5) is 0 Å². The van der Waals surface area contributed by atoms with E-state index in [1.165, 1.54) is 4.57 Å². The second-order valence-electron chi connectivity index (χ2n) is 3.77. The summed E-state index contributed by atoms with van der Waals surface area (Å²) < 4.78 is 1.23. The molecular formula is C11H18N2O3. The van der Waals surface area contributed by atoms with Crippen LogP contribution in [0.5, 0.6) is 5.88 Å². The molecule has 0 radical (unpaired) electrons. The fraction of sp³-hybridized carbons (Fsp3) is 0.636. The van der Waals surface area contributed by atoms with Crippen LogP contribution in [0.3, 0.4) is 0 Å². The zero-order valence-corrected chi connectivity index (χ0v) is 9.75. The molecule has 0 bridgehead atoms. The van der Waals surface area contributed by atoms with Gasteiger partial charge in [-0.25, -0.2) is 4.79 Å². The minimum Gasteiger partial charge on any atom is -0.494 e. The van der Waals surface area contributed by atoms with Gasteiger partial charge in [-0.1, -0.05) is 26.7 Å². The number of unbranched alkanes of at least 4 members (excludes halogenated alkanes) is 2. The van der Waals surface area contributed by atoms with E-state index >= 15 is 0 Å². The minimum absolute atomic E-state index is 0.188. The number of hydrogen-bond donors (Lipinski definition) is 2. The van der Waals surface area contributed by atoms with Crippen molar-refractivity contribution >= 4 is 0 Å². The number of nitrogens with one attached hydrogen (secondary N) is 1. The van der Waals surface area contributed by atoms with E-state index in [4.69, 9.17) is 0 Å². The smallest absolute Gasteiger partial charge is 0.331 e. The molecule has 0 aliphatic rings. The van der Waals surface area contributed by atoms with Crippen LogP contribution in [0, 0.1) is 0 Å². The van der Waals surface area contributed by atoms with Gasteiger partial charge < -0.3 is 5.11 Å². The zero-order chi connectivity index (χ0) is 12.1. The molecule has 0 spiro atoms. The average Bonchev–Trinajstić information content (AvgIpc) is 2.23. The second kappa shape index (κ2) is 5.53. The molecule has 16 heavy (non-hydrogen) atoms. The molecule has 0 unspecified atom stereocenters. The maximum atomic E-state index is 11.5. The molecule has 1 aromatic heterocycles. The standard InChI is InChI=1S/C11H18N2O3/c1-3-5-6-7-13-10(15)8(4-2)9(14)12-11(13)16/h15H,3-7H2,1-2H3,(H,12,14,16). The quantitative estimate of drug-likeness (QED) is 0.735. The van der Waals surface area contributed by atoms with E-state index < -0.39 is 11.2 Å². The molecule has 2 N–H and O–H groups in total. The Morgan fingerprint density at radius 1 is 1.25 bits per heavy atom. The lowest BCUT2D eigenvalue weighted by molar-refractivity contribution is 0.387. The van der Waals surface area contributed by atoms with E-state index in [1.54, 1.807) is 6.92 Å². The first kappa shape index (κ1) is 12.5. The van der Waals surface area contributed by atoms with Crippen molar-refractivity contribution in [3.63, 3.8) is 0 Å². The number of aromatic hydroxyl groups is 1. The van der Waals surface area contributed by atoms with Crippen molar-refractivity contribution in [3.8, 4) is 5.88 Å². The highest BCUT2D eigenvalue weighted by molar-refractivity contribution is 5.22. The molecule has 5 nitrogen and oxygen atoms in total. The Kier molecular flexibility index (Phi) is 4.34. The fourth-order valence-corrected chi connectivity index (χ4v) is 1.65. The van der Waals surface area contributed by atoms with Crippen LogP contribution < -0.4 is 11.2 Å². The Morgan fingerprint density at radius 3 is 2.50 bits per heavy atom. The highest BCUT2D eigenvalue weighted by atomic mass is 16.3. The molecule has 1 aromatic rings. The molecule has 0 aliphatic carbocycles. The Morgan fingerprint density at radius 2 is 1.94 bits per heavy atom. The number of aromatic amines is 1. The summed E-state index contributed by atoms with van der Waals surface area (Å²) in [5.41, 5.74) is -0.747. The first-order valence-corrected chi connectivity index (χ1v) is 5.66. The van der Waals surface area contributed by atoms with E-state index in [0.717, 1.165) is 19.3 Å². The molecule has 0 saturated heterocycles. The molecule has 5 heteroatoms. The summed E-state index contributed by atoms with van der Waals surface area (Å²) >= 11 is 0. The van der Waals surface area contributed by atoms with Gasteiger partial charge in [0, 0.05) is 6.54 Å². The van der Waals surface area contributed by atoms with Gasteiger partial charge in [0.05, 0.1) is 5.56 Å². The van der Waals surface area contributed by atoms with Crippen LogP contribution >= 0.6 is 0 Å². The zero-order valence-electron chi connectivity index (χ0n) is 9.75. The van der Waals surface area contributed by atoms with E-state index in [-0.39, 0.29) is 11.4 Å². The van der Waals surface area contributed by atoms with Crippen LogP contribution in [0.2, 0.25) is 0 Å². The number of H-pyrrole nitrogens is 1. The number of aromatic nitrogens is 2. The lowest BCUT2D eigenvalue weighted by Gasteiger charge is -2.09. The number of rotatable bonds is 5. The highest BCUT2D eigenvalue weighted by Crippen LogP contribution is 2.11. The third-order valence-electron chi connectivity index (χ3n) is 2.60. The lowest BCUT2D eigenvalue weighted by atomic mass is 10.2. The molecule has 0 atom stereocenters. The predicted molar refractivity (Wildman–Crippen MR) is 61.9 cm³/mol. The van der Waals surface area contributed by atoms with Gasteiger partial charge in [-0.3, -0.25) is 14.3 Å². The molecule has 1 rings (SSSR count). The van der Waals surface area contributed by atoms with Crippen LogP contribution in [0.15, 0.2) is 9.59 Å². The van der Waals surface area contributed by atoms with Gasteiger partial charge in [0.2, 0.25) is 5.88 Å². The molecule has 0 aromatic carbocycles. The molecule has 0 fully saturated rings. The van der Waals surface area contributed by atoms with Crippen molar-refractivity contribution in [1.29, 1.82) is 0 Å². The van der Waals surface area contributed by atoms with Gasteiger partial charge in [0.15, 0.2) is 0 Å². The Labute approximate surface area is 93.8 Å². The van der Waals surface area contributed by atoms with Crippen LogP contribution in [0.1, 0.15) is 38.7 Å². The van der Waals surface area contributed by atoms with Crippen molar-refractivity contribution < 1.29 is 5.11 Å². The highest BCUT2D eigenvalue weighted by Gasteiger charge is 2.11. The van der Waals surface area contributed by atoms with E-state index in [1.807, 2.05) is 0 Å². The molecule has 0 aliphatic heterocycles. The van der Waals surface area contributed by atoms with Gasteiger partial charge in [0.25, 0.3) is 5.56 Å². The van der Waals surface area contributed by atoms with E-state index in [9.17, 15) is 14.7 Å². The summed E-state index contributed by atoms with van der Waals surface area (Å²) in [4.78, 5) is 25.0. The summed E-state index contributed by atoms with van der Waals surface area (Å²) in [6.07, 6.45) is 3.26. The maximum Gasteiger partial charge on any atom is 0.331 e. The molecule has 0 saturated carbocycles. The monoisotopic (exact) mass is 226 g/mol. The normalized spacial score (nSPS) is 10.6. The average molecular weight is 226 g/mol. The summed E-state index contributed by atoms with van der Waals surface area (Å²) in [7, 11) is 0. The van der Waals surface area contributed by atoms with Crippen LogP contribution in [-0.4, -0.2) is 14.7 Å². The first-order chi connectivity index (χ1) is 7.61. The number of hydrogen-bond acceptors (Lipinski definition) is 3. The van der Waals surface area contributed by atoms with E-state index in [2.05, 4.69) is 11.9 Å². The lowest BCUT2D eigenvalue weighted by Crippen LogP contribution is -2.32. The van der Waals surface area contributed by atoms with Gasteiger partial charge in [-0.05, 0) is 12.8 Å². The van der Waals surface area contributed by atoms with Crippen LogP contribution in [0.25, 0.3) is 0 Å². The van der Waals surface area contributed by atoms with Crippen molar-refractivity contribution in [2.75, 3.05) is 0 Å². The maximum absolute atomic E-state index is 11.5. The summed E-state index contributed by atoms with van der Waals surface area (Å²) in [6.45, 7) is 4.28. The Bertz CT molecular complexity index is 459. The topological polar surface area (TPSA) is 75.1 Å².